The highest BCUT2D eigenvalue weighted by Crippen LogP contribution is 2.28. The first-order chi connectivity index (χ1) is 9.70. The number of rotatable bonds is 6. The molecule has 0 radical (unpaired) electrons. The van der Waals surface area contributed by atoms with Gasteiger partial charge in [0.2, 0.25) is 0 Å². The van der Waals surface area contributed by atoms with Gasteiger partial charge in [-0.2, -0.15) is 0 Å². The van der Waals surface area contributed by atoms with Crippen molar-refractivity contribution in [3.05, 3.63) is 69.8 Å². The van der Waals surface area contributed by atoms with E-state index in [9.17, 15) is 10.1 Å². The molecule has 0 aliphatic heterocycles. The Morgan fingerprint density at radius 3 is 2.50 bits per heavy atom. The molecule has 0 aliphatic rings. The first-order valence-electron chi connectivity index (χ1n) is 6.25. The van der Waals surface area contributed by atoms with E-state index >= 15 is 0 Å². The van der Waals surface area contributed by atoms with Crippen LogP contribution in [0.15, 0.2) is 48.5 Å². The lowest BCUT2D eigenvalue weighted by atomic mass is 10.1. The van der Waals surface area contributed by atoms with Gasteiger partial charge in [0.1, 0.15) is 0 Å². The Bertz CT molecular complexity index is 584. The molecule has 20 heavy (non-hydrogen) atoms. The van der Waals surface area contributed by atoms with Gasteiger partial charge in [0.05, 0.1) is 18.1 Å². The molecule has 2 aromatic rings. The molecule has 0 amide bonds. The molecule has 0 fully saturated rings. The summed E-state index contributed by atoms with van der Waals surface area (Å²) in [6, 6.07) is 14.1. The SMILES string of the molecule is O=[N+]([O-])c1ccc(CO)cc1OCCc1ccccc1. The number of nitrogens with zero attached hydrogens (tertiary/aromatic N) is 1. The standard InChI is InChI=1S/C15H15NO4/c17-11-13-6-7-14(16(18)19)15(10-13)20-9-8-12-4-2-1-3-5-12/h1-7,10,17H,8-9,11H2. The molecule has 5 heteroatoms. The maximum Gasteiger partial charge on any atom is 0.310 e. The predicted octanol–water partition coefficient (Wildman–Crippen LogP) is 2.71. The van der Waals surface area contributed by atoms with Crippen molar-refractivity contribution < 1.29 is 14.8 Å². The summed E-state index contributed by atoms with van der Waals surface area (Å²) in [4.78, 5) is 10.4. The fourth-order valence-electron chi connectivity index (χ4n) is 1.85. The van der Waals surface area contributed by atoms with Crippen molar-refractivity contribution in [3.63, 3.8) is 0 Å². The van der Waals surface area contributed by atoms with E-state index < -0.39 is 4.92 Å². The van der Waals surface area contributed by atoms with E-state index in [1.165, 1.54) is 18.2 Å². The highest BCUT2D eigenvalue weighted by atomic mass is 16.6. The number of aliphatic hydroxyl groups is 1. The van der Waals surface area contributed by atoms with Crippen molar-refractivity contribution in [2.45, 2.75) is 13.0 Å². The lowest BCUT2D eigenvalue weighted by molar-refractivity contribution is -0.385. The van der Waals surface area contributed by atoms with Crippen LogP contribution in [-0.4, -0.2) is 16.6 Å². The Hall–Kier alpha value is -2.40. The molecule has 0 aromatic heterocycles. The van der Waals surface area contributed by atoms with Gasteiger partial charge in [-0.1, -0.05) is 30.3 Å². The first-order valence-corrected chi connectivity index (χ1v) is 6.25. The minimum Gasteiger partial charge on any atom is -0.486 e. The maximum absolute atomic E-state index is 10.9. The molecule has 0 saturated carbocycles. The van der Waals surface area contributed by atoms with E-state index in [1.54, 1.807) is 0 Å². The summed E-state index contributed by atoms with van der Waals surface area (Å²) < 4.78 is 5.49. The molecular weight excluding hydrogens is 258 g/mol. The topological polar surface area (TPSA) is 72.6 Å². The van der Waals surface area contributed by atoms with E-state index in [0.717, 1.165) is 5.56 Å². The van der Waals surface area contributed by atoms with Crippen LogP contribution >= 0.6 is 0 Å². The number of aliphatic hydroxyl groups excluding tert-OH is 1. The molecule has 0 unspecified atom stereocenters. The van der Waals surface area contributed by atoms with Crippen molar-refractivity contribution in [2.24, 2.45) is 0 Å². The monoisotopic (exact) mass is 273 g/mol. The summed E-state index contributed by atoms with van der Waals surface area (Å²) in [6.07, 6.45) is 0.668. The third-order valence-corrected chi connectivity index (χ3v) is 2.89. The first kappa shape index (κ1) is 14.0. The van der Waals surface area contributed by atoms with E-state index in [-0.39, 0.29) is 18.0 Å². The third-order valence-electron chi connectivity index (χ3n) is 2.89. The Morgan fingerprint density at radius 2 is 1.85 bits per heavy atom. The normalized spacial score (nSPS) is 10.2. The van der Waals surface area contributed by atoms with Gasteiger partial charge < -0.3 is 9.84 Å². The lowest BCUT2D eigenvalue weighted by Gasteiger charge is -2.08. The Balaban J connectivity index is 2.06. The van der Waals surface area contributed by atoms with E-state index in [2.05, 4.69) is 0 Å². The molecule has 104 valence electrons. The van der Waals surface area contributed by atoms with Gasteiger partial charge >= 0.3 is 5.69 Å². The zero-order chi connectivity index (χ0) is 14.4. The fourth-order valence-corrected chi connectivity index (χ4v) is 1.85. The molecule has 5 nitrogen and oxygen atoms in total. The second-order valence-electron chi connectivity index (χ2n) is 4.30. The second-order valence-corrected chi connectivity index (χ2v) is 4.30. The van der Waals surface area contributed by atoms with Crippen LogP contribution in [0.4, 0.5) is 5.69 Å². The maximum atomic E-state index is 10.9. The average Bonchev–Trinajstić information content (AvgIpc) is 2.48. The molecule has 0 atom stereocenters. The zero-order valence-electron chi connectivity index (χ0n) is 10.9. The highest BCUT2D eigenvalue weighted by molar-refractivity contribution is 5.48. The summed E-state index contributed by atoms with van der Waals surface area (Å²) in [5.74, 6) is 0.192. The van der Waals surface area contributed by atoms with Crippen LogP contribution in [0.2, 0.25) is 0 Å². The van der Waals surface area contributed by atoms with Gasteiger partial charge in [-0.05, 0) is 23.3 Å². The number of ether oxygens (including phenoxy) is 1. The summed E-state index contributed by atoms with van der Waals surface area (Å²) in [6.45, 7) is 0.173. The van der Waals surface area contributed by atoms with Crippen LogP contribution in [0, 0.1) is 10.1 Å². The van der Waals surface area contributed by atoms with Crippen molar-refractivity contribution in [1.82, 2.24) is 0 Å². The molecule has 0 aliphatic carbocycles. The van der Waals surface area contributed by atoms with Crippen LogP contribution in [-0.2, 0) is 13.0 Å². The van der Waals surface area contributed by atoms with E-state index in [0.29, 0.717) is 18.6 Å². The molecule has 2 aromatic carbocycles. The van der Waals surface area contributed by atoms with Gasteiger partial charge in [-0.15, -0.1) is 0 Å². The van der Waals surface area contributed by atoms with Crippen molar-refractivity contribution >= 4 is 5.69 Å². The third kappa shape index (κ3) is 3.55. The predicted molar refractivity (Wildman–Crippen MR) is 74.7 cm³/mol. The van der Waals surface area contributed by atoms with E-state index in [1.807, 2.05) is 30.3 Å². The second kappa shape index (κ2) is 6.68. The summed E-state index contributed by atoms with van der Waals surface area (Å²) >= 11 is 0. The Kier molecular flexibility index (Phi) is 4.68. The summed E-state index contributed by atoms with van der Waals surface area (Å²) in [5.41, 5.74) is 1.61. The number of benzene rings is 2. The van der Waals surface area contributed by atoms with Crippen molar-refractivity contribution in [1.29, 1.82) is 0 Å². The smallest absolute Gasteiger partial charge is 0.310 e. The van der Waals surface area contributed by atoms with Gasteiger partial charge in [0.15, 0.2) is 5.75 Å². The van der Waals surface area contributed by atoms with Gasteiger partial charge in [0.25, 0.3) is 0 Å². The minimum absolute atomic E-state index is 0.0877. The molecule has 0 spiro atoms. The largest absolute Gasteiger partial charge is 0.486 e. The summed E-state index contributed by atoms with van der Waals surface area (Å²) in [7, 11) is 0. The van der Waals surface area contributed by atoms with Crippen LogP contribution in [0.3, 0.4) is 0 Å². The van der Waals surface area contributed by atoms with Crippen molar-refractivity contribution in [2.75, 3.05) is 6.61 Å². The number of nitro benzene ring substituents is 1. The minimum atomic E-state index is -0.487. The number of hydrogen-bond donors (Lipinski definition) is 1. The molecular formula is C15H15NO4. The molecule has 2 rings (SSSR count). The molecule has 0 bridgehead atoms. The number of nitro groups is 1. The number of hydrogen-bond acceptors (Lipinski definition) is 4. The summed E-state index contributed by atoms with van der Waals surface area (Å²) in [5, 5.41) is 20.0. The average molecular weight is 273 g/mol. The van der Waals surface area contributed by atoms with Crippen LogP contribution in [0.5, 0.6) is 5.75 Å². The Morgan fingerprint density at radius 1 is 1.10 bits per heavy atom. The molecule has 0 saturated heterocycles. The molecule has 1 N–H and O–H groups in total. The van der Waals surface area contributed by atoms with Crippen molar-refractivity contribution in [3.8, 4) is 5.75 Å². The van der Waals surface area contributed by atoms with Gasteiger partial charge in [0, 0.05) is 12.5 Å². The molecule has 0 heterocycles. The van der Waals surface area contributed by atoms with Crippen LogP contribution in [0.1, 0.15) is 11.1 Å². The quantitative estimate of drug-likeness (QED) is 0.648. The lowest BCUT2D eigenvalue weighted by Crippen LogP contribution is -2.04. The van der Waals surface area contributed by atoms with Crippen LogP contribution < -0.4 is 4.74 Å². The fraction of sp³-hybridized carbons (Fsp3) is 0.200. The Labute approximate surface area is 116 Å². The highest BCUT2D eigenvalue weighted by Gasteiger charge is 2.15. The van der Waals surface area contributed by atoms with Gasteiger partial charge in [-0.25, -0.2) is 0 Å². The zero-order valence-corrected chi connectivity index (χ0v) is 10.9. The van der Waals surface area contributed by atoms with Gasteiger partial charge in [-0.3, -0.25) is 10.1 Å². The van der Waals surface area contributed by atoms with Crippen LogP contribution in [0.25, 0.3) is 0 Å². The van der Waals surface area contributed by atoms with E-state index in [4.69, 9.17) is 9.84 Å².